The first-order valence-electron chi connectivity index (χ1n) is 9.79. The maximum absolute atomic E-state index is 13.0. The van der Waals surface area contributed by atoms with Crippen molar-refractivity contribution in [3.8, 4) is 5.69 Å². The van der Waals surface area contributed by atoms with Crippen molar-refractivity contribution in [2.45, 2.75) is 26.3 Å². The number of aromatic nitrogens is 4. The van der Waals surface area contributed by atoms with Crippen LogP contribution in [0.2, 0.25) is 0 Å². The Morgan fingerprint density at radius 1 is 1.28 bits per heavy atom. The lowest BCUT2D eigenvalue weighted by Crippen LogP contribution is -2.36. The molecule has 1 saturated heterocycles. The highest BCUT2D eigenvalue weighted by atomic mass is 16.2. The third kappa shape index (κ3) is 4.27. The van der Waals surface area contributed by atoms with E-state index in [2.05, 4.69) is 20.7 Å². The molecule has 1 aliphatic heterocycles. The molecule has 1 atom stereocenters. The summed E-state index contributed by atoms with van der Waals surface area (Å²) < 4.78 is 3.29. The molecule has 29 heavy (non-hydrogen) atoms. The molecule has 3 aromatic rings. The van der Waals surface area contributed by atoms with Crippen LogP contribution in [0.25, 0.3) is 5.69 Å². The number of anilines is 1. The Balaban J connectivity index is 1.52. The van der Waals surface area contributed by atoms with Gasteiger partial charge in [0.2, 0.25) is 0 Å². The number of amides is 1. The fourth-order valence-electron chi connectivity index (χ4n) is 3.68. The van der Waals surface area contributed by atoms with E-state index in [1.54, 1.807) is 40.8 Å². The van der Waals surface area contributed by atoms with Gasteiger partial charge in [0.25, 0.3) is 11.5 Å². The number of carbonyl (C=O) groups is 1. The SMILES string of the molecule is Cc1ccn(CC2CCCNC2)c(=O)c1C(=O)Nc1ccc(-n2cncn2)cc1. The van der Waals surface area contributed by atoms with E-state index in [1.807, 2.05) is 18.2 Å². The van der Waals surface area contributed by atoms with E-state index < -0.39 is 5.91 Å². The third-order valence-electron chi connectivity index (χ3n) is 5.26. The van der Waals surface area contributed by atoms with Crippen LogP contribution in [0.1, 0.15) is 28.8 Å². The monoisotopic (exact) mass is 392 g/mol. The Kier molecular flexibility index (Phi) is 5.53. The molecule has 2 N–H and O–H groups in total. The number of hydrogen-bond acceptors (Lipinski definition) is 5. The van der Waals surface area contributed by atoms with Gasteiger partial charge in [0, 0.05) is 18.4 Å². The minimum Gasteiger partial charge on any atom is -0.322 e. The lowest BCUT2D eigenvalue weighted by atomic mass is 9.99. The van der Waals surface area contributed by atoms with Crippen molar-refractivity contribution >= 4 is 11.6 Å². The van der Waals surface area contributed by atoms with Crippen molar-refractivity contribution in [2.24, 2.45) is 5.92 Å². The Labute approximate surface area is 168 Å². The number of aryl methyl sites for hydroxylation is 1. The molecule has 0 spiro atoms. The number of nitrogens with zero attached hydrogens (tertiary/aromatic N) is 4. The first-order chi connectivity index (χ1) is 14.1. The zero-order valence-corrected chi connectivity index (χ0v) is 16.3. The molecule has 4 rings (SSSR count). The van der Waals surface area contributed by atoms with Crippen LogP contribution >= 0.6 is 0 Å². The van der Waals surface area contributed by atoms with Crippen molar-refractivity contribution in [3.63, 3.8) is 0 Å². The topological polar surface area (TPSA) is 93.8 Å². The van der Waals surface area contributed by atoms with Crippen LogP contribution in [0, 0.1) is 12.8 Å². The maximum atomic E-state index is 13.0. The molecule has 0 radical (unpaired) electrons. The zero-order chi connectivity index (χ0) is 20.2. The van der Waals surface area contributed by atoms with Gasteiger partial charge in [-0.15, -0.1) is 0 Å². The first kappa shape index (κ1) is 19.1. The number of hydrogen-bond donors (Lipinski definition) is 2. The molecule has 1 aromatic carbocycles. The molecule has 0 bridgehead atoms. The molecule has 2 aromatic heterocycles. The highest BCUT2D eigenvalue weighted by Gasteiger charge is 2.19. The molecular formula is C21H24N6O2. The number of pyridine rings is 1. The summed E-state index contributed by atoms with van der Waals surface area (Å²) in [5.41, 5.74) is 2.07. The summed E-state index contributed by atoms with van der Waals surface area (Å²) in [5.74, 6) is 0.0153. The fourth-order valence-corrected chi connectivity index (χ4v) is 3.68. The molecule has 8 nitrogen and oxygen atoms in total. The Bertz CT molecular complexity index is 1030. The Morgan fingerprint density at radius 2 is 2.10 bits per heavy atom. The van der Waals surface area contributed by atoms with Gasteiger partial charge in [0.15, 0.2) is 0 Å². The van der Waals surface area contributed by atoms with Gasteiger partial charge in [-0.25, -0.2) is 9.67 Å². The molecule has 8 heteroatoms. The lowest BCUT2D eigenvalue weighted by molar-refractivity contribution is 0.102. The van der Waals surface area contributed by atoms with Crippen molar-refractivity contribution < 1.29 is 4.79 Å². The largest absolute Gasteiger partial charge is 0.322 e. The summed E-state index contributed by atoms with van der Waals surface area (Å²) in [7, 11) is 0. The number of rotatable bonds is 5. The summed E-state index contributed by atoms with van der Waals surface area (Å²) in [4.78, 5) is 29.7. The highest BCUT2D eigenvalue weighted by Crippen LogP contribution is 2.15. The molecule has 1 amide bonds. The second-order valence-corrected chi connectivity index (χ2v) is 7.38. The van der Waals surface area contributed by atoms with Crippen LogP contribution in [0.15, 0.2) is 54.0 Å². The van der Waals surface area contributed by atoms with Gasteiger partial charge in [-0.05, 0) is 74.7 Å². The van der Waals surface area contributed by atoms with Crippen molar-refractivity contribution in [1.82, 2.24) is 24.6 Å². The van der Waals surface area contributed by atoms with E-state index in [4.69, 9.17) is 0 Å². The van der Waals surface area contributed by atoms with Gasteiger partial charge < -0.3 is 15.2 Å². The van der Waals surface area contributed by atoms with Crippen molar-refractivity contribution in [1.29, 1.82) is 0 Å². The molecule has 1 unspecified atom stereocenters. The maximum Gasteiger partial charge on any atom is 0.263 e. The van der Waals surface area contributed by atoms with E-state index in [0.717, 1.165) is 31.6 Å². The highest BCUT2D eigenvalue weighted by molar-refractivity contribution is 6.05. The van der Waals surface area contributed by atoms with Crippen molar-refractivity contribution in [3.05, 3.63) is 70.7 Å². The van der Waals surface area contributed by atoms with Gasteiger partial charge >= 0.3 is 0 Å². The Morgan fingerprint density at radius 3 is 2.79 bits per heavy atom. The van der Waals surface area contributed by atoms with Crippen LogP contribution in [0.4, 0.5) is 5.69 Å². The molecular weight excluding hydrogens is 368 g/mol. The number of piperidine rings is 1. The van der Waals surface area contributed by atoms with Gasteiger partial charge in [-0.2, -0.15) is 5.10 Å². The fraction of sp³-hybridized carbons (Fsp3) is 0.333. The van der Waals surface area contributed by atoms with Crippen LogP contribution in [-0.2, 0) is 6.54 Å². The molecule has 1 fully saturated rings. The third-order valence-corrected chi connectivity index (χ3v) is 5.26. The molecule has 150 valence electrons. The predicted molar refractivity (Wildman–Crippen MR) is 110 cm³/mol. The van der Waals surface area contributed by atoms with Crippen LogP contribution in [0.5, 0.6) is 0 Å². The molecule has 3 heterocycles. The van der Waals surface area contributed by atoms with Crippen LogP contribution in [0.3, 0.4) is 0 Å². The van der Waals surface area contributed by atoms with E-state index in [9.17, 15) is 9.59 Å². The summed E-state index contributed by atoms with van der Waals surface area (Å²) >= 11 is 0. The van der Waals surface area contributed by atoms with E-state index in [1.165, 1.54) is 6.33 Å². The minimum absolute atomic E-state index is 0.191. The van der Waals surface area contributed by atoms with E-state index in [-0.39, 0.29) is 11.1 Å². The predicted octanol–water partition coefficient (Wildman–Crippen LogP) is 1.99. The van der Waals surface area contributed by atoms with Gasteiger partial charge in [0.05, 0.1) is 5.69 Å². The molecule has 0 aliphatic carbocycles. The van der Waals surface area contributed by atoms with Crippen LogP contribution in [-0.4, -0.2) is 38.3 Å². The zero-order valence-electron chi connectivity index (χ0n) is 16.3. The first-order valence-corrected chi connectivity index (χ1v) is 9.79. The summed E-state index contributed by atoms with van der Waals surface area (Å²) in [5, 5.41) is 10.3. The average Bonchev–Trinajstić information content (AvgIpc) is 3.26. The number of nitrogens with one attached hydrogen (secondary N) is 2. The number of carbonyl (C=O) groups excluding carboxylic acids is 1. The van der Waals surface area contributed by atoms with E-state index in [0.29, 0.717) is 23.7 Å². The summed E-state index contributed by atoms with van der Waals surface area (Å²) in [6.07, 6.45) is 7.06. The second kappa shape index (κ2) is 8.40. The molecule has 0 saturated carbocycles. The summed E-state index contributed by atoms with van der Waals surface area (Å²) in [6, 6.07) is 9.05. The second-order valence-electron chi connectivity index (χ2n) is 7.38. The van der Waals surface area contributed by atoms with Gasteiger partial charge in [-0.3, -0.25) is 9.59 Å². The molecule has 1 aliphatic rings. The standard InChI is InChI=1S/C21H24N6O2/c1-15-8-10-26(12-16-3-2-9-22-11-16)21(29)19(15)20(28)25-17-4-6-18(7-5-17)27-14-23-13-24-27/h4-8,10,13-14,16,22H,2-3,9,11-12H2,1H3,(H,25,28). The quantitative estimate of drug-likeness (QED) is 0.693. The van der Waals surface area contributed by atoms with Crippen molar-refractivity contribution in [2.75, 3.05) is 18.4 Å². The smallest absolute Gasteiger partial charge is 0.263 e. The Hall–Kier alpha value is -3.26. The average molecular weight is 392 g/mol. The van der Waals surface area contributed by atoms with E-state index >= 15 is 0 Å². The summed E-state index contributed by atoms with van der Waals surface area (Å²) in [6.45, 7) is 4.35. The number of benzene rings is 1. The minimum atomic E-state index is -0.392. The normalized spacial score (nSPS) is 16.5. The van der Waals surface area contributed by atoms with Gasteiger partial charge in [-0.1, -0.05) is 0 Å². The lowest BCUT2D eigenvalue weighted by Gasteiger charge is -2.23. The van der Waals surface area contributed by atoms with Gasteiger partial charge in [0.1, 0.15) is 18.2 Å². The van der Waals surface area contributed by atoms with Crippen LogP contribution < -0.4 is 16.2 Å².